The summed E-state index contributed by atoms with van der Waals surface area (Å²) in [7, 11) is 6.40. The minimum absolute atomic E-state index is 0.0599. The summed E-state index contributed by atoms with van der Waals surface area (Å²) in [5.74, 6) is 0.612. The standard InChI is InChI=1S/C19H23N4O3/c1-14-17(12-23(2,3)4)21-11-7-10-18(19(21)20-14)26-13-15-8-5-6-9-16(15)22(24)25/h5-11H,12-13H2,1-4H3/q+1. The molecule has 7 nitrogen and oxygen atoms in total. The van der Waals surface area contributed by atoms with Crippen molar-refractivity contribution in [3.8, 4) is 5.75 Å². The van der Waals surface area contributed by atoms with E-state index < -0.39 is 4.92 Å². The third-order valence-corrected chi connectivity index (χ3v) is 4.11. The monoisotopic (exact) mass is 355 g/mol. The van der Waals surface area contributed by atoms with Gasteiger partial charge in [0.15, 0.2) is 11.4 Å². The van der Waals surface area contributed by atoms with Crippen molar-refractivity contribution in [1.82, 2.24) is 9.38 Å². The molecule has 0 saturated heterocycles. The lowest BCUT2D eigenvalue weighted by molar-refractivity contribution is -0.884. The summed E-state index contributed by atoms with van der Waals surface area (Å²) in [6.45, 7) is 2.94. The summed E-state index contributed by atoms with van der Waals surface area (Å²) < 4.78 is 8.72. The van der Waals surface area contributed by atoms with Crippen LogP contribution < -0.4 is 4.74 Å². The number of aryl methyl sites for hydroxylation is 1. The van der Waals surface area contributed by atoms with Crippen LogP contribution in [0.4, 0.5) is 5.69 Å². The van der Waals surface area contributed by atoms with E-state index in [9.17, 15) is 10.1 Å². The number of ether oxygens (including phenoxy) is 1. The Hall–Kier alpha value is -2.93. The smallest absolute Gasteiger partial charge is 0.276 e. The number of quaternary nitrogens is 1. The van der Waals surface area contributed by atoms with E-state index >= 15 is 0 Å². The Bertz CT molecular complexity index is 957. The summed E-state index contributed by atoms with van der Waals surface area (Å²) in [6.07, 6.45) is 1.97. The fraction of sp³-hybridized carbons (Fsp3) is 0.316. The van der Waals surface area contributed by atoms with Crippen molar-refractivity contribution in [1.29, 1.82) is 0 Å². The summed E-state index contributed by atoms with van der Waals surface area (Å²) in [6, 6.07) is 10.4. The second kappa shape index (κ2) is 6.76. The number of nitro groups is 1. The van der Waals surface area contributed by atoms with Gasteiger partial charge in [0.2, 0.25) is 0 Å². The average Bonchev–Trinajstić information content (AvgIpc) is 2.88. The van der Waals surface area contributed by atoms with Crippen molar-refractivity contribution in [3.63, 3.8) is 0 Å². The van der Waals surface area contributed by atoms with E-state index in [1.54, 1.807) is 18.2 Å². The van der Waals surface area contributed by atoms with E-state index in [0.29, 0.717) is 11.3 Å². The van der Waals surface area contributed by atoms with Crippen molar-refractivity contribution >= 4 is 11.3 Å². The van der Waals surface area contributed by atoms with Gasteiger partial charge in [-0.3, -0.25) is 14.5 Å². The van der Waals surface area contributed by atoms with Gasteiger partial charge in [-0.1, -0.05) is 12.1 Å². The van der Waals surface area contributed by atoms with Gasteiger partial charge in [-0.2, -0.15) is 0 Å². The molecule has 136 valence electrons. The molecule has 0 unspecified atom stereocenters. The van der Waals surface area contributed by atoms with Crippen LogP contribution in [-0.4, -0.2) is 39.9 Å². The first kappa shape index (κ1) is 17.9. The number of nitrogens with zero attached hydrogens (tertiary/aromatic N) is 4. The molecule has 1 aromatic carbocycles. The average molecular weight is 355 g/mol. The third-order valence-electron chi connectivity index (χ3n) is 4.11. The molecule has 26 heavy (non-hydrogen) atoms. The van der Waals surface area contributed by atoms with E-state index in [1.807, 2.05) is 29.7 Å². The van der Waals surface area contributed by atoms with E-state index in [2.05, 4.69) is 26.1 Å². The first-order chi connectivity index (χ1) is 12.3. The second-order valence-corrected chi connectivity index (χ2v) is 7.33. The SMILES string of the molecule is Cc1nc2c(OCc3ccccc3[N+](=O)[O-])cccn2c1C[N+](C)(C)C. The number of benzene rings is 1. The summed E-state index contributed by atoms with van der Waals surface area (Å²) in [5.41, 5.74) is 3.41. The molecule has 0 aliphatic heterocycles. The number of nitro benzene ring substituents is 1. The number of hydrogen-bond donors (Lipinski definition) is 0. The molecule has 0 bridgehead atoms. The fourth-order valence-electron chi connectivity index (χ4n) is 2.92. The highest BCUT2D eigenvalue weighted by Crippen LogP contribution is 2.26. The van der Waals surface area contributed by atoms with Gasteiger partial charge in [0, 0.05) is 12.3 Å². The van der Waals surface area contributed by atoms with Crippen LogP contribution in [0.1, 0.15) is 17.0 Å². The van der Waals surface area contributed by atoms with Crippen LogP contribution in [0.5, 0.6) is 5.75 Å². The predicted octanol–water partition coefficient (Wildman–Crippen LogP) is 3.34. The van der Waals surface area contributed by atoms with Crippen LogP contribution in [0.25, 0.3) is 5.65 Å². The van der Waals surface area contributed by atoms with Gasteiger partial charge in [-0.05, 0) is 25.1 Å². The zero-order chi connectivity index (χ0) is 18.9. The Balaban J connectivity index is 1.93. The Morgan fingerprint density at radius 1 is 1.19 bits per heavy atom. The number of rotatable bonds is 6. The molecule has 3 rings (SSSR count). The Morgan fingerprint density at radius 2 is 1.92 bits per heavy atom. The summed E-state index contributed by atoms with van der Waals surface area (Å²) in [4.78, 5) is 15.4. The number of imidazole rings is 1. The first-order valence-electron chi connectivity index (χ1n) is 8.38. The molecule has 0 aliphatic carbocycles. The zero-order valence-electron chi connectivity index (χ0n) is 15.5. The minimum Gasteiger partial charge on any atom is -0.485 e. The second-order valence-electron chi connectivity index (χ2n) is 7.33. The largest absolute Gasteiger partial charge is 0.485 e. The van der Waals surface area contributed by atoms with Gasteiger partial charge < -0.3 is 9.22 Å². The van der Waals surface area contributed by atoms with Crippen LogP contribution in [0.2, 0.25) is 0 Å². The highest BCUT2D eigenvalue weighted by atomic mass is 16.6. The van der Waals surface area contributed by atoms with Gasteiger partial charge in [0.05, 0.1) is 37.3 Å². The van der Waals surface area contributed by atoms with Crippen molar-refractivity contribution in [2.75, 3.05) is 21.1 Å². The molecule has 3 aromatic rings. The van der Waals surface area contributed by atoms with E-state index in [-0.39, 0.29) is 12.3 Å². The highest BCUT2D eigenvalue weighted by molar-refractivity contribution is 5.56. The maximum absolute atomic E-state index is 11.2. The first-order valence-corrected chi connectivity index (χ1v) is 8.38. The summed E-state index contributed by atoms with van der Waals surface area (Å²) >= 11 is 0. The molecule has 0 N–H and O–H groups in total. The molecule has 0 amide bonds. The number of para-hydroxylation sites is 1. The van der Waals surface area contributed by atoms with Crippen molar-refractivity contribution in [2.45, 2.75) is 20.1 Å². The van der Waals surface area contributed by atoms with Crippen LogP contribution in [0, 0.1) is 17.0 Å². The molecule has 0 radical (unpaired) electrons. The fourth-order valence-corrected chi connectivity index (χ4v) is 2.92. The predicted molar refractivity (Wildman–Crippen MR) is 99.1 cm³/mol. The van der Waals surface area contributed by atoms with E-state index in [1.165, 1.54) is 6.07 Å². The zero-order valence-corrected chi connectivity index (χ0v) is 15.5. The van der Waals surface area contributed by atoms with Crippen LogP contribution >= 0.6 is 0 Å². The van der Waals surface area contributed by atoms with Gasteiger partial charge in [-0.25, -0.2) is 4.98 Å². The lowest BCUT2D eigenvalue weighted by Gasteiger charge is -2.23. The maximum Gasteiger partial charge on any atom is 0.276 e. The van der Waals surface area contributed by atoms with Crippen LogP contribution in [-0.2, 0) is 13.2 Å². The molecule has 2 aromatic heterocycles. The molecule has 2 heterocycles. The molecule has 0 spiro atoms. The molecule has 0 aliphatic rings. The third kappa shape index (κ3) is 3.67. The lowest BCUT2D eigenvalue weighted by atomic mass is 10.2. The number of hydrogen-bond acceptors (Lipinski definition) is 4. The quantitative estimate of drug-likeness (QED) is 0.386. The summed E-state index contributed by atoms with van der Waals surface area (Å²) in [5, 5.41) is 11.2. The number of aromatic nitrogens is 2. The lowest BCUT2D eigenvalue weighted by Crippen LogP contribution is -2.34. The van der Waals surface area contributed by atoms with Crippen molar-refractivity contribution in [2.24, 2.45) is 0 Å². The van der Waals surface area contributed by atoms with Gasteiger partial charge in [-0.15, -0.1) is 0 Å². The van der Waals surface area contributed by atoms with Crippen molar-refractivity contribution in [3.05, 3.63) is 69.7 Å². The Kier molecular flexibility index (Phi) is 4.65. The molecular formula is C19H23N4O3+. The van der Waals surface area contributed by atoms with Gasteiger partial charge >= 0.3 is 0 Å². The van der Waals surface area contributed by atoms with E-state index in [0.717, 1.165) is 28.1 Å². The topological polar surface area (TPSA) is 69.7 Å². The Morgan fingerprint density at radius 3 is 2.62 bits per heavy atom. The Labute approximate surface area is 152 Å². The maximum atomic E-state index is 11.2. The number of fused-ring (bicyclic) bond motifs is 1. The molecule has 0 saturated carbocycles. The van der Waals surface area contributed by atoms with Crippen LogP contribution in [0.3, 0.4) is 0 Å². The molecular weight excluding hydrogens is 332 g/mol. The van der Waals surface area contributed by atoms with Crippen LogP contribution in [0.15, 0.2) is 42.6 Å². The van der Waals surface area contributed by atoms with Crippen molar-refractivity contribution < 1.29 is 14.1 Å². The van der Waals surface area contributed by atoms with E-state index in [4.69, 9.17) is 4.74 Å². The number of pyridine rings is 1. The van der Waals surface area contributed by atoms with Gasteiger partial charge in [0.25, 0.3) is 5.69 Å². The highest BCUT2D eigenvalue weighted by Gasteiger charge is 2.19. The van der Waals surface area contributed by atoms with Gasteiger partial charge in [0.1, 0.15) is 18.8 Å². The minimum atomic E-state index is -0.391. The molecule has 0 atom stereocenters. The molecule has 0 fully saturated rings. The molecule has 7 heteroatoms. The normalized spacial score (nSPS) is 11.7.